The third kappa shape index (κ3) is 5.08. The Hall–Kier alpha value is -3.79. The van der Waals surface area contributed by atoms with Crippen molar-refractivity contribution in [2.24, 2.45) is 4.99 Å². The summed E-state index contributed by atoms with van der Waals surface area (Å²) in [6.07, 6.45) is 0. The van der Waals surface area contributed by atoms with Gasteiger partial charge in [-0.15, -0.1) is 0 Å². The highest BCUT2D eigenvalue weighted by atomic mass is 31.2. The van der Waals surface area contributed by atoms with Crippen LogP contribution in [0.5, 0.6) is 0 Å². The highest BCUT2D eigenvalue weighted by Gasteiger charge is 2.38. The van der Waals surface area contributed by atoms with Gasteiger partial charge in [0.2, 0.25) is 0 Å². The number of para-hydroxylation sites is 1. The first-order valence-electron chi connectivity index (χ1n) is 11.8. The van der Waals surface area contributed by atoms with Gasteiger partial charge in [-0.3, -0.25) is 0 Å². The molecule has 36 heavy (non-hydrogen) atoms. The molecule has 5 aromatic rings. The maximum atomic E-state index is 15.6. The minimum Gasteiger partial charge on any atom is -0.308 e. The molecular weight excluding hydrogens is 476 g/mol. The quantitative estimate of drug-likeness (QED) is 0.175. The minimum absolute atomic E-state index is 0.719. The predicted molar refractivity (Wildman–Crippen MR) is 156 cm³/mol. The van der Waals surface area contributed by atoms with Crippen LogP contribution in [0.3, 0.4) is 0 Å². The molecule has 0 amide bonds. The Morgan fingerprint density at radius 1 is 0.528 bits per heavy atom. The third-order valence-electron chi connectivity index (χ3n) is 5.82. The summed E-state index contributed by atoms with van der Waals surface area (Å²) < 4.78 is 15.6. The number of hydrogen-bond acceptors (Lipinski definition) is 2. The molecule has 0 saturated carbocycles. The van der Waals surface area contributed by atoms with Gasteiger partial charge in [0, 0.05) is 24.4 Å². The Morgan fingerprint density at radius 3 is 1.31 bits per heavy atom. The smallest absolute Gasteiger partial charge is 0.180 e. The summed E-state index contributed by atoms with van der Waals surface area (Å²) >= 11 is 0. The highest BCUT2D eigenvalue weighted by molar-refractivity contribution is 7.98. The van der Waals surface area contributed by atoms with Gasteiger partial charge in [0.15, 0.2) is 7.14 Å². The molecule has 5 aromatic carbocycles. The summed E-state index contributed by atoms with van der Waals surface area (Å²) in [7, 11) is -4.51. The first-order valence-corrected chi connectivity index (χ1v) is 14.8. The van der Waals surface area contributed by atoms with Crippen LogP contribution in [0.4, 0.5) is 5.69 Å². The molecule has 0 spiro atoms. The second-order valence-electron chi connectivity index (χ2n) is 8.17. The van der Waals surface area contributed by atoms with E-state index in [1.807, 2.05) is 127 Å². The van der Waals surface area contributed by atoms with E-state index in [0.717, 1.165) is 32.0 Å². The van der Waals surface area contributed by atoms with E-state index in [4.69, 9.17) is 4.99 Å². The van der Waals surface area contributed by atoms with Gasteiger partial charge in [-0.2, -0.15) is 0 Å². The molecule has 0 radical (unpaired) electrons. The lowest BCUT2D eigenvalue weighted by atomic mass is 10.3. The summed E-state index contributed by atoms with van der Waals surface area (Å²) in [5.41, 5.74) is 0.777. The van der Waals surface area contributed by atoms with E-state index in [2.05, 4.69) is 30.1 Å². The van der Waals surface area contributed by atoms with Crippen molar-refractivity contribution in [2.45, 2.75) is 0 Å². The fourth-order valence-electron chi connectivity index (χ4n) is 4.10. The van der Waals surface area contributed by atoms with Crippen LogP contribution in [0, 0.1) is 0 Å². The normalized spacial score (nSPS) is 11.0. The van der Waals surface area contributed by atoms with Crippen molar-refractivity contribution in [1.82, 2.24) is 0 Å². The maximum Gasteiger partial charge on any atom is 0.180 e. The summed E-state index contributed by atoms with van der Waals surface area (Å²) in [5, 5.41) is 4.49. The number of benzene rings is 5. The van der Waals surface area contributed by atoms with Crippen LogP contribution in [-0.2, 0) is 4.57 Å². The van der Waals surface area contributed by atoms with Crippen LogP contribution < -0.4 is 21.2 Å². The Bertz CT molecular complexity index is 1430. The van der Waals surface area contributed by atoms with E-state index in [-0.39, 0.29) is 0 Å². The first kappa shape index (κ1) is 23.9. The van der Waals surface area contributed by atoms with Crippen LogP contribution >= 0.6 is 15.1 Å². The summed E-state index contributed by atoms with van der Waals surface area (Å²) in [6, 6.07) is 49.9. The molecule has 0 bridgehead atoms. The fourth-order valence-corrected chi connectivity index (χ4v) is 10.6. The Labute approximate surface area is 213 Å². The van der Waals surface area contributed by atoms with E-state index in [9.17, 15) is 0 Å². The molecule has 0 aliphatic heterocycles. The largest absolute Gasteiger partial charge is 0.308 e. The van der Waals surface area contributed by atoms with Crippen LogP contribution in [0.25, 0.3) is 0 Å². The van der Waals surface area contributed by atoms with Gasteiger partial charge in [0.1, 0.15) is 0 Å². The van der Waals surface area contributed by atoms with Crippen LogP contribution in [0.2, 0.25) is 0 Å². The van der Waals surface area contributed by atoms with E-state index in [0.29, 0.717) is 0 Å². The Balaban J connectivity index is 1.87. The van der Waals surface area contributed by atoms with Crippen molar-refractivity contribution in [3.63, 3.8) is 0 Å². The average Bonchev–Trinajstić information content (AvgIpc) is 2.97. The lowest BCUT2D eigenvalue weighted by Gasteiger charge is -2.28. The summed E-state index contributed by atoms with van der Waals surface area (Å²) in [5.74, 6) is 3.38. The molecule has 5 rings (SSSR count). The molecule has 0 atom stereocenters. The van der Waals surface area contributed by atoms with Gasteiger partial charge in [-0.1, -0.05) is 140 Å². The fraction of sp³-hybridized carbons (Fsp3) is 0. The second kappa shape index (κ2) is 11.3. The monoisotopic (exact) mass is 501 g/mol. The van der Waals surface area contributed by atoms with E-state index in [1.54, 1.807) is 0 Å². The molecule has 0 saturated heterocycles. The van der Waals surface area contributed by atoms with Crippen molar-refractivity contribution in [3.05, 3.63) is 157 Å². The lowest BCUT2D eigenvalue weighted by Crippen LogP contribution is -2.22. The van der Waals surface area contributed by atoms with E-state index in [1.165, 1.54) is 0 Å². The van der Waals surface area contributed by atoms with Crippen molar-refractivity contribution in [1.29, 1.82) is 0 Å². The zero-order valence-electron chi connectivity index (χ0n) is 19.7. The molecule has 4 heteroatoms. The van der Waals surface area contributed by atoms with E-state index < -0.39 is 15.1 Å². The van der Waals surface area contributed by atoms with Crippen molar-refractivity contribution < 1.29 is 4.57 Å². The SMILES string of the molecule is O=P(C(=C=Nc1ccccc1)P(c1ccccc1)c1ccccc1)(c1ccccc1)c1ccccc1. The molecular formula is C32H25NOP2. The summed E-state index contributed by atoms with van der Waals surface area (Å²) in [4.78, 5) is 4.75. The molecule has 2 nitrogen and oxygen atoms in total. The van der Waals surface area contributed by atoms with Crippen LogP contribution in [0.15, 0.2) is 162 Å². The van der Waals surface area contributed by atoms with E-state index >= 15 is 4.57 Å². The predicted octanol–water partition coefficient (Wildman–Crippen LogP) is 6.98. The molecule has 0 N–H and O–H groups in total. The molecule has 174 valence electrons. The number of hydrogen-bond donors (Lipinski definition) is 0. The number of rotatable bonds is 7. The van der Waals surface area contributed by atoms with Crippen LogP contribution in [0.1, 0.15) is 0 Å². The Morgan fingerprint density at radius 2 is 0.889 bits per heavy atom. The van der Waals surface area contributed by atoms with Gasteiger partial charge in [0.05, 0.1) is 10.7 Å². The minimum atomic E-state index is -3.32. The molecule has 0 unspecified atom stereocenters. The van der Waals surface area contributed by atoms with Gasteiger partial charge < -0.3 is 4.57 Å². The van der Waals surface area contributed by atoms with Crippen LogP contribution in [-0.4, -0.2) is 5.87 Å². The topological polar surface area (TPSA) is 29.4 Å². The molecule has 0 aliphatic rings. The standard InChI is InChI=1S/C32H25NOP2/c34-36(30-22-12-4-13-23-30,31-24-14-5-15-25-31)32(26-33-27-16-6-1-7-17-27)35(28-18-8-2-9-19-28)29-20-10-3-11-21-29/h1-25H. The van der Waals surface area contributed by atoms with Crippen molar-refractivity contribution >= 4 is 47.8 Å². The van der Waals surface area contributed by atoms with Gasteiger partial charge >= 0.3 is 0 Å². The average molecular weight is 502 g/mol. The molecule has 0 heterocycles. The molecule has 0 aliphatic carbocycles. The number of aliphatic imine (C=N–C) groups is 1. The van der Waals surface area contributed by atoms with Crippen molar-refractivity contribution in [3.8, 4) is 0 Å². The van der Waals surface area contributed by atoms with Gasteiger partial charge in [0.25, 0.3) is 0 Å². The maximum absolute atomic E-state index is 15.6. The first-order chi connectivity index (χ1) is 17.8. The molecule has 0 fully saturated rings. The van der Waals surface area contributed by atoms with Gasteiger partial charge in [-0.25, -0.2) is 4.99 Å². The zero-order chi connectivity index (χ0) is 24.6. The zero-order valence-corrected chi connectivity index (χ0v) is 21.5. The third-order valence-corrected chi connectivity index (χ3v) is 12.2. The lowest BCUT2D eigenvalue weighted by molar-refractivity contribution is 0.592. The van der Waals surface area contributed by atoms with Crippen molar-refractivity contribution in [2.75, 3.05) is 0 Å². The number of nitrogens with zero attached hydrogens (tertiary/aromatic N) is 1. The summed E-state index contributed by atoms with van der Waals surface area (Å²) in [6.45, 7) is 0. The van der Waals surface area contributed by atoms with Gasteiger partial charge in [-0.05, 0) is 22.7 Å². The second-order valence-corrected chi connectivity index (χ2v) is 13.4. The Kier molecular flexibility index (Phi) is 7.51. The highest BCUT2D eigenvalue weighted by Crippen LogP contribution is 2.64. The molecule has 0 aromatic heterocycles.